The molecular weight excluding hydrogens is 574 g/mol. The molecule has 44 heavy (non-hydrogen) atoms. The molecule has 1 fully saturated rings. The average molecular weight is 620 g/mol. The molecule has 1 aliphatic carbocycles. The van der Waals surface area contributed by atoms with Crippen molar-refractivity contribution in [2.24, 2.45) is 5.73 Å². The zero-order valence-electron chi connectivity index (χ0n) is 26.6. The molecule has 0 bridgehead atoms. The molecule has 8 nitrogen and oxygen atoms in total. The fourth-order valence-corrected chi connectivity index (χ4v) is 6.60. The first-order chi connectivity index (χ1) is 20.7. The SMILES string of the molecule is CC(C)(C)OC(=O)NC1CCC(N(CC(c2ccccc2)c2cc(-c3ccccc3C(N)=O)cs2)C(=O)OC(C)(C)C)CC1. The van der Waals surface area contributed by atoms with Crippen molar-refractivity contribution in [1.82, 2.24) is 10.2 Å². The van der Waals surface area contributed by atoms with Crippen LogP contribution in [0, 0.1) is 0 Å². The number of alkyl carbamates (subject to hydrolysis) is 1. The summed E-state index contributed by atoms with van der Waals surface area (Å²) in [5.41, 5.74) is 7.72. The van der Waals surface area contributed by atoms with Crippen molar-refractivity contribution >= 4 is 29.4 Å². The predicted molar refractivity (Wildman–Crippen MR) is 175 cm³/mol. The first-order valence-corrected chi connectivity index (χ1v) is 16.1. The van der Waals surface area contributed by atoms with Gasteiger partial charge in [0, 0.05) is 35.0 Å². The molecule has 0 spiro atoms. The third-order valence-electron chi connectivity index (χ3n) is 7.53. The average Bonchev–Trinajstić information content (AvgIpc) is 3.42. The summed E-state index contributed by atoms with van der Waals surface area (Å²) < 4.78 is 11.4. The largest absolute Gasteiger partial charge is 0.444 e. The molecule has 236 valence electrons. The van der Waals surface area contributed by atoms with E-state index in [4.69, 9.17) is 15.2 Å². The van der Waals surface area contributed by atoms with E-state index >= 15 is 0 Å². The normalized spacial score (nSPS) is 17.8. The van der Waals surface area contributed by atoms with E-state index in [0.29, 0.717) is 12.1 Å². The Balaban J connectivity index is 1.61. The minimum atomic E-state index is -0.651. The summed E-state index contributed by atoms with van der Waals surface area (Å²) in [6.07, 6.45) is 2.14. The van der Waals surface area contributed by atoms with Crippen molar-refractivity contribution in [2.75, 3.05) is 6.54 Å². The lowest BCUT2D eigenvalue weighted by molar-refractivity contribution is 0.00946. The van der Waals surface area contributed by atoms with Crippen LogP contribution in [0.2, 0.25) is 0 Å². The summed E-state index contributed by atoms with van der Waals surface area (Å²) >= 11 is 1.60. The second kappa shape index (κ2) is 13.8. The first-order valence-electron chi connectivity index (χ1n) is 15.2. The summed E-state index contributed by atoms with van der Waals surface area (Å²) in [4.78, 5) is 41.3. The zero-order valence-corrected chi connectivity index (χ0v) is 27.4. The molecule has 4 rings (SSSR count). The van der Waals surface area contributed by atoms with Crippen LogP contribution in [0.4, 0.5) is 9.59 Å². The lowest BCUT2D eigenvalue weighted by Crippen LogP contribution is -2.49. The Kier molecular flexibility index (Phi) is 10.4. The van der Waals surface area contributed by atoms with Crippen molar-refractivity contribution in [3.05, 3.63) is 82.0 Å². The van der Waals surface area contributed by atoms with Crippen molar-refractivity contribution in [2.45, 2.75) is 96.4 Å². The first kappa shape index (κ1) is 33.1. The van der Waals surface area contributed by atoms with Crippen molar-refractivity contribution in [1.29, 1.82) is 0 Å². The number of nitrogens with zero attached hydrogens (tertiary/aromatic N) is 1. The number of thiophene rings is 1. The number of carbonyl (C=O) groups excluding carboxylic acids is 3. The molecule has 1 atom stereocenters. The number of primary amides is 1. The molecule has 1 heterocycles. The number of ether oxygens (including phenoxy) is 2. The molecule has 0 aliphatic heterocycles. The lowest BCUT2D eigenvalue weighted by Gasteiger charge is -2.39. The number of hydrogen-bond acceptors (Lipinski definition) is 6. The third kappa shape index (κ3) is 9.08. The molecule has 1 unspecified atom stereocenters. The van der Waals surface area contributed by atoms with E-state index in [2.05, 4.69) is 23.5 Å². The van der Waals surface area contributed by atoms with E-state index < -0.39 is 23.2 Å². The predicted octanol–water partition coefficient (Wildman–Crippen LogP) is 7.72. The Morgan fingerprint density at radius 1 is 0.909 bits per heavy atom. The van der Waals surface area contributed by atoms with Gasteiger partial charge < -0.3 is 25.4 Å². The van der Waals surface area contributed by atoms with Crippen LogP contribution in [0.25, 0.3) is 11.1 Å². The van der Waals surface area contributed by atoms with Crippen LogP contribution in [0.3, 0.4) is 0 Å². The summed E-state index contributed by atoms with van der Waals surface area (Å²) in [6.45, 7) is 11.6. The Bertz CT molecular complexity index is 1430. The highest BCUT2D eigenvalue weighted by molar-refractivity contribution is 7.10. The van der Waals surface area contributed by atoms with Gasteiger partial charge in [0.1, 0.15) is 11.2 Å². The summed E-state index contributed by atoms with van der Waals surface area (Å²) in [6, 6.07) is 19.5. The van der Waals surface area contributed by atoms with Gasteiger partial charge in [0.05, 0.1) is 0 Å². The lowest BCUT2D eigenvalue weighted by atomic mass is 9.88. The number of hydrogen-bond donors (Lipinski definition) is 2. The van der Waals surface area contributed by atoms with E-state index in [1.54, 1.807) is 23.5 Å². The maximum Gasteiger partial charge on any atom is 0.410 e. The molecular formula is C35H45N3O5S. The van der Waals surface area contributed by atoms with E-state index in [0.717, 1.165) is 47.3 Å². The second-order valence-electron chi connectivity index (χ2n) is 13.4. The van der Waals surface area contributed by atoms with E-state index in [1.807, 2.05) is 82.2 Å². The van der Waals surface area contributed by atoms with Crippen LogP contribution < -0.4 is 11.1 Å². The highest BCUT2D eigenvalue weighted by Crippen LogP contribution is 2.37. The van der Waals surface area contributed by atoms with Crippen molar-refractivity contribution in [3.8, 4) is 11.1 Å². The van der Waals surface area contributed by atoms with Gasteiger partial charge in [-0.05, 0) is 101 Å². The summed E-state index contributed by atoms with van der Waals surface area (Å²) in [5.74, 6) is -0.596. The van der Waals surface area contributed by atoms with Crippen LogP contribution in [0.5, 0.6) is 0 Å². The van der Waals surface area contributed by atoms with Crippen LogP contribution in [0.15, 0.2) is 66.0 Å². The molecule has 1 saturated carbocycles. The van der Waals surface area contributed by atoms with Crippen molar-refractivity contribution in [3.63, 3.8) is 0 Å². The van der Waals surface area contributed by atoms with Gasteiger partial charge in [-0.2, -0.15) is 0 Å². The Labute approximate surface area is 264 Å². The quantitative estimate of drug-likeness (QED) is 0.268. The number of rotatable bonds is 8. The molecule has 0 radical (unpaired) electrons. The summed E-state index contributed by atoms with van der Waals surface area (Å²) in [7, 11) is 0. The molecule has 1 aliphatic rings. The highest BCUT2D eigenvalue weighted by atomic mass is 32.1. The van der Waals surface area contributed by atoms with Gasteiger partial charge in [0.15, 0.2) is 0 Å². The zero-order chi connectivity index (χ0) is 32.1. The standard InChI is InChI=1S/C35H45N3O5S/c1-34(2,3)42-32(40)37-25-16-18-26(19-17-25)38(33(41)43-35(4,5)6)21-29(23-12-8-7-9-13-23)30-20-24(22-44-30)27-14-10-11-15-28(27)31(36)39/h7-15,20,22,25-26,29H,16-19,21H2,1-6H3,(H2,36,39)(H,37,40). The third-order valence-corrected chi connectivity index (χ3v) is 8.58. The molecule has 1 aromatic heterocycles. The minimum absolute atomic E-state index is 0.0170. The number of amides is 3. The maximum absolute atomic E-state index is 13.8. The smallest absolute Gasteiger partial charge is 0.410 e. The molecule has 0 saturated heterocycles. The second-order valence-corrected chi connectivity index (χ2v) is 14.3. The number of nitrogens with one attached hydrogen (secondary N) is 1. The summed E-state index contributed by atoms with van der Waals surface area (Å²) in [5, 5.41) is 5.04. The van der Waals surface area contributed by atoms with E-state index in [1.165, 1.54) is 0 Å². The topological polar surface area (TPSA) is 111 Å². The van der Waals surface area contributed by atoms with Gasteiger partial charge in [-0.3, -0.25) is 4.79 Å². The van der Waals surface area contributed by atoms with Crippen LogP contribution in [-0.2, 0) is 9.47 Å². The minimum Gasteiger partial charge on any atom is -0.444 e. The van der Waals surface area contributed by atoms with Gasteiger partial charge in [-0.1, -0.05) is 48.5 Å². The fourth-order valence-electron chi connectivity index (χ4n) is 5.57. The van der Waals surface area contributed by atoms with Gasteiger partial charge >= 0.3 is 12.2 Å². The molecule has 3 aromatic rings. The maximum atomic E-state index is 13.8. The molecule has 9 heteroatoms. The Morgan fingerprint density at radius 3 is 2.14 bits per heavy atom. The Morgan fingerprint density at radius 2 is 1.52 bits per heavy atom. The van der Waals surface area contributed by atoms with E-state index in [9.17, 15) is 14.4 Å². The number of nitrogens with two attached hydrogens (primary N) is 1. The van der Waals surface area contributed by atoms with Crippen LogP contribution in [0.1, 0.15) is 93.9 Å². The highest BCUT2D eigenvalue weighted by Gasteiger charge is 2.35. The van der Waals surface area contributed by atoms with Gasteiger partial charge in [0.2, 0.25) is 5.91 Å². The monoisotopic (exact) mass is 619 g/mol. The number of benzene rings is 2. The molecule has 2 aromatic carbocycles. The van der Waals surface area contributed by atoms with Gasteiger partial charge in [-0.25, -0.2) is 9.59 Å². The van der Waals surface area contributed by atoms with E-state index in [-0.39, 0.29) is 24.1 Å². The number of carbonyl (C=O) groups is 3. The fraction of sp³-hybridized carbons (Fsp3) is 0.457. The van der Waals surface area contributed by atoms with Crippen LogP contribution >= 0.6 is 11.3 Å². The Hall–Kier alpha value is -3.85. The van der Waals surface area contributed by atoms with Gasteiger partial charge in [-0.15, -0.1) is 11.3 Å². The molecule has 3 N–H and O–H groups in total. The molecule has 3 amide bonds. The van der Waals surface area contributed by atoms with Crippen molar-refractivity contribution < 1.29 is 23.9 Å². The van der Waals surface area contributed by atoms with Crippen LogP contribution in [-0.4, -0.2) is 52.8 Å². The van der Waals surface area contributed by atoms with Gasteiger partial charge in [0.25, 0.3) is 0 Å².